The third-order valence-electron chi connectivity index (χ3n) is 4.92. The number of nitrogens with two attached hydrogens (primary N) is 1. The molecule has 1 saturated heterocycles. The molecule has 0 aliphatic carbocycles. The Morgan fingerprint density at radius 3 is 2.54 bits per heavy atom. The van der Waals surface area contributed by atoms with Gasteiger partial charge < -0.3 is 15.5 Å². The second-order valence-corrected chi connectivity index (χ2v) is 7.90. The van der Waals surface area contributed by atoms with Crippen LogP contribution in [0.4, 0.5) is 0 Å². The van der Waals surface area contributed by atoms with Crippen LogP contribution in [0, 0.1) is 11.3 Å². The van der Waals surface area contributed by atoms with E-state index in [-0.39, 0.29) is 35.6 Å². The van der Waals surface area contributed by atoms with E-state index in [1.807, 2.05) is 42.3 Å². The van der Waals surface area contributed by atoms with Crippen LogP contribution in [0.25, 0.3) is 0 Å². The molecule has 1 fully saturated rings. The quantitative estimate of drug-likeness (QED) is 0.822. The fourth-order valence-corrected chi connectivity index (χ4v) is 3.38. The lowest BCUT2D eigenvalue weighted by atomic mass is 9.91. The average molecular weight is 382 g/mol. The van der Waals surface area contributed by atoms with Crippen LogP contribution in [0.1, 0.15) is 32.3 Å². The summed E-state index contributed by atoms with van der Waals surface area (Å²) in [6.07, 6.45) is 2.13. The Hall–Kier alpha value is -1.59. The molecule has 1 aromatic rings. The van der Waals surface area contributed by atoms with Crippen molar-refractivity contribution in [3.05, 3.63) is 35.9 Å². The summed E-state index contributed by atoms with van der Waals surface area (Å²) < 4.78 is 0. The van der Waals surface area contributed by atoms with E-state index >= 15 is 0 Å². The van der Waals surface area contributed by atoms with Crippen LogP contribution in [0.2, 0.25) is 0 Å². The van der Waals surface area contributed by atoms with Gasteiger partial charge in [-0.25, -0.2) is 0 Å². The van der Waals surface area contributed by atoms with Gasteiger partial charge in [0, 0.05) is 26.7 Å². The second kappa shape index (κ2) is 9.93. The van der Waals surface area contributed by atoms with Crippen LogP contribution in [0.5, 0.6) is 0 Å². The van der Waals surface area contributed by atoms with E-state index in [4.69, 9.17) is 5.73 Å². The fourth-order valence-electron chi connectivity index (χ4n) is 3.38. The number of halogens is 1. The van der Waals surface area contributed by atoms with E-state index in [9.17, 15) is 9.59 Å². The molecular weight excluding hydrogens is 350 g/mol. The van der Waals surface area contributed by atoms with Crippen molar-refractivity contribution >= 4 is 24.2 Å². The maximum Gasteiger partial charge on any atom is 0.227 e. The van der Waals surface area contributed by atoms with Crippen molar-refractivity contribution < 1.29 is 9.59 Å². The molecule has 2 rings (SSSR count). The van der Waals surface area contributed by atoms with Gasteiger partial charge >= 0.3 is 0 Å². The zero-order valence-electron chi connectivity index (χ0n) is 16.1. The Kier molecular flexibility index (Phi) is 8.57. The normalized spacial score (nSPS) is 17.4. The van der Waals surface area contributed by atoms with Crippen molar-refractivity contribution in [1.29, 1.82) is 0 Å². The molecule has 0 radical (unpaired) electrons. The van der Waals surface area contributed by atoms with E-state index in [0.717, 1.165) is 24.9 Å². The summed E-state index contributed by atoms with van der Waals surface area (Å²) in [6.45, 7) is 6.57. The first-order valence-corrected chi connectivity index (χ1v) is 9.09. The van der Waals surface area contributed by atoms with Gasteiger partial charge in [-0.1, -0.05) is 44.2 Å². The van der Waals surface area contributed by atoms with Gasteiger partial charge in [0.25, 0.3) is 0 Å². The predicted molar refractivity (Wildman–Crippen MR) is 107 cm³/mol. The summed E-state index contributed by atoms with van der Waals surface area (Å²) in [7, 11) is 1.84. The van der Waals surface area contributed by atoms with E-state index in [1.165, 1.54) is 0 Å². The number of hydrogen-bond donors (Lipinski definition) is 1. The molecule has 1 heterocycles. The third kappa shape index (κ3) is 6.29. The summed E-state index contributed by atoms with van der Waals surface area (Å²) in [5, 5.41) is 0. The molecule has 1 atom stereocenters. The minimum atomic E-state index is -0.105. The number of carbonyl (C=O) groups excluding carboxylic acids is 2. The number of hydrogen-bond acceptors (Lipinski definition) is 3. The first-order valence-electron chi connectivity index (χ1n) is 9.09. The monoisotopic (exact) mass is 381 g/mol. The van der Waals surface area contributed by atoms with Crippen LogP contribution in [0.3, 0.4) is 0 Å². The van der Waals surface area contributed by atoms with E-state index < -0.39 is 0 Å². The topological polar surface area (TPSA) is 66.6 Å². The van der Waals surface area contributed by atoms with Crippen LogP contribution >= 0.6 is 12.4 Å². The third-order valence-corrected chi connectivity index (χ3v) is 4.92. The Balaban J connectivity index is 0.00000338. The lowest BCUT2D eigenvalue weighted by Gasteiger charge is -2.36. The van der Waals surface area contributed by atoms with E-state index in [0.29, 0.717) is 26.1 Å². The van der Waals surface area contributed by atoms with Gasteiger partial charge in [0.1, 0.15) is 0 Å². The van der Waals surface area contributed by atoms with Gasteiger partial charge in [-0.3, -0.25) is 9.59 Å². The molecule has 5 nitrogen and oxygen atoms in total. The van der Waals surface area contributed by atoms with Gasteiger partial charge in [0.15, 0.2) is 0 Å². The molecule has 1 aliphatic rings. The van der Waals surface area contributed by atoms with Crippen LogP contribution in [0.15, 0.2) is 30.3 Å². The summed E-state index contributed by atoms with van der Waals surface area (Å²) in [5.74, 6) is 0.124. The number of rotatable bonds is 6. The van der Waals surface area contributed by atoms with Crippen LogP contribution in [-0.4, -0.2) is 54.8 Å². The number of likely N-dealkylation sites (tertiary alicyclic amines) is 1. The highest BCUT2D eigenvalue weighted by molar-refractivity contribution is 5.85. The van der Waals surface area contributed by atoms with E-state index in [1.54, 1.807) is 4.90 Å². The van der Waals surface area contributed by atoms with Crippen LogP contribution < -0.4 is 5.73 Å². The van der Waals surface area contributed by atoms with E-state index in [2.05, 4.69) is 13.8 Å². The SMILES string of the molecule is CN(CC(C)(C)CN)C(=O)C1CCCN(C(=O)Cc2ccccc2)C1.Cl. The molecule has 146 valence electrons. The number of benzene rings is 1. The van der Waals surface area contributed by atoms with Gasteiger partial charge in [-0.05, 0) is 30.4 Å². The lowest BCUT2D eigenvalue weighted by molar-refractivity contribution is -0.140. The Morgan fingerprint density at radius 2 is 1.92 bits per heavy atom. The van der Waals surface area contributed by atoms with Crippen molar-refractivity contribution in [2.45, 2.75) is 33.1 Å². The molecule has 0 spiro atoms. The summed E-state index contributed by atoms with van der Waals surface area (Å²) in [5.41, 5.74) is 6.70. The zero-order chi connectivity index (χ0) is 18.4. The number of nitrogens with zero attached hydrogens (tertiary/aromatic N) is 2. The highest BCUT2D eigenvalue weighted by atomic mass is 35.5. The maximum absolute atomic E-state index is 12.8. The van der Waals surface area contributed by atoms with Crippen molar-refractivity contribution in [2.24, 2.45) is 17.1 Å². The standard InChI is InChI=1S/C20H31N3O2.ClH/c1-20(2,14-21)15-22(3)19(25)17-10-7-11-23(13-17)18(24)12-16-8-5-4-6-9-16;/h4-6,8-9,17H,7,10-15,21H2,1-3H3;1H. The largest absolute Gasteiger partial charge is 0.345 e. The summed E-state index contributed by atoms with van der Waals surface area (Å²) in [4.78, 5) is 29.0. The molecule has 1 aliphatic heterocycles. The molecule has 6 heteroatoms. The summed E-state index contributed by atoms with van der Waals surface area (Å²) in [6, 6.07) is 9.77. The fraction of sp³-hybridized carbons (Fsp3) is 0.600. The van der Waals surface area contributed by atoms with Crippen molar-refractivity contribution in [2.75, 3.05) is 33.2 Å². The number of piperidine rings is 1. The first-order chi connectivity index (χ1) is 11.8. The Labute approximate surface area is 163 Å². The van der Waals surface area contributed by atoms with Gasteiger partial charge in [0.2, 0.25) is 11.8 Å². The van der Waals surface area contributed by atoms with Crippen molar-refractivity contribution in [3.63, 3.8) is 0 Å². The van der Waals surface area contributed by atoms with Gasteiger partial charge in [-0.15, -0.1) is 12.4 Å². The average Bonchev–Trinajstić information content (AvgIpc) is 2.61. The Bertz CT molecular complexity index is 592. The van der Waals surface area contributed by atoms with Crippen molar-refractivity contribution in [3.8, 4) is 0 Å². The molecule has 0 saturated carbocycles. The molecule has 0 bridgehead atoms. The zero-order valence-corrected chi connectivity index (χ0v) is 16.9. The smallest absolute Gasteiger partial charge is 0.227 e. The molecule has 2 N–H and O–H groups in total. The van der Waals surface area contributed by atoms with Gasteiger partial charge in [-0.2, -0.15) is 0 Å². The Morgan fingerprint density at radius 1 is 1.27 bits per heavy atom. The summed E-state index contributed by atoms with van der Waals surface area (Å²) >= 11 is 0. The molecule has 26 heavy (non-hydrogen) atoms. The molecule has 2 amide bonds. The van der Waals surface area contributed by atoms with Gasteiger partial charge in [0.05, 0.1) is 12.3 Å². The molecule has 1 unspecified atom stereocenters. The second-order valence-electron chi connectivity index (χ2n) is 7.90. The highest BCUT2D eigenvalue weighted by Crippen LogP contribution is 2.22. The highest BCUT2D eigenvalue weighted by Gasteiger charge is 2.31. The van der Waals surface area contributed by atoms with Crippen molar-refractivity contribution in [1.82, 2.24) is 9.80 Å². The number of carbonyl (C=O) groups is 2. The predicted octanol–water partition coefficient (Wildman–Crippen LogP) is 2.33. The lowest BCUT2D eigenvalue weighted by Crippen LogP contribution is -2.48. The maximum atomic E-state index is 12.8. The minimum absolute atomic E-state index is 0. The molecular formula is C20H32ClN3O2. The number of amides is 2. The van der Waals surface area contributed by atoms with Crippen LogP contribution in [-0.2, 0) is 16.0 Å². The minimum Gasteiger partial charge on any atom is -0.345 e. The molecule has 0 aromatic heterocycles. The molecule has 1 aromatic carbocycles. The first kappa shape index (κ1) is 22.5.